The first-order valence-electron chi connectivity index (χ1n) is 5.18. The molecule has 2 nitrogen and oxygen atoms in total. The van der Waals surface area contributed by atoms with Crippen LogP contribution >= 0.6 is 11.3 Å². The van der Waals surface area contributed by atoms with E-state index in [-0.39, 0.29) is 5.69 Å². The molecule has 90 valence electrons. The summed E-state index contributed by atoms with van der Waals surface area (Å²) in [4.78, 5) is 5.46. The predicted molar refractivity (Wildman–Crippen MR) is 65.3 cm³/mol. The Kier molecular flexibility index (Phi) is 3.38. The van der Waals surface area contributed by atoms with Crippen LogP contribution < -0.4 is 5.32 Å². The van der Waals surface area contributed by atoms with Gasteiger partial charge in [0, 0.05) is 4.88 Å². The van der Waals surface area contributed by atoms with Gasteiger partial charge in [-0.15, -0.1) is 11.3 Å². The highest BCUT2D eigenvalue weighted by molar-refractivity contribution is 7.11. The van der Waals surface area contributed by atoms with E-state index in [0.29, 0.717) is 6.54 Å². The number of benzene rings is 1. The van der Waals surface area contributed by atoms with Gasteiger partial charge in [-0.2, -0.15) is 0 Å². The topological polar surface area (TPSA) is 24.9 Å². The molecule has 5 heteroatoms. The Labute approximate surface area is 102 Å². The Morgan fingerprint density at radius 2 is 2.06 bits per heavy atom. The molecule has 17 heavy (non-hydrogen) atoms. The zero-order valence-electron chi connectivity index (χ0n) is 9.55. The third-order valence-electron chi connectivity index (χ3n) is 2.45. The molecule has 0 aliphatic carbocycles. The Morgan fingerprint density at radius 3 is 2.71 bits per heavy atom. The molecule has 0 amide bonds. The normalized spacial score (nSPS) is 10.6. The quantitative estimate of drug-likeness (QED) is 0.904. The minimum atomic E-state index is -0.850. The molecule has 2 aromatic rings. The van der Waals surface area contributed by atoms with E-state index >= 15 is 0 Å². The number of rotatable bonds is 3. The lowest BCUT2D eigenvalue weighted by Gasteiger charge is -2.05. The molecular formula is C12H12F2N2S. The highest BCUT2D eigenvalue weighted by Crippen LogP contribution is 2.20. The number of nitrogens with one attached hydrogen (secondary N) is 1. The summed E-state index contributed by atoms with van der Waals surface area (Å²) >= 11 is 1.55. The van der Waals surface area contributed by atoms with Crippen molar-refractivity contribution in [2.75, 3.05) is 5.32 Å². The summed E-state index contributed by atoms with van der Waals surface area (Å²) in [7, 11) is 0. The zero-order chi connectivity index (χ0) is 12.4. The van der Waals surface area contributed by atoms with E-state index in [1.165, 1.54) is 12.1 Å². The third-order valence-corrected chi connectivity index (χ3v) is 3.53. The van der Waals surface area contributed by atoms with Crippen LogP contribution in [0, 0.1) is 25.5 Å². The Balaban J connectivity index is 2.10. The van der Waals surface area contributed by atoms with E-state index in [1.54, 1.807) is 11.3 Å². The van der Waals surface area contributed by atoms with Gasteiger partial charge in [0.05, 0.1) is 17.9 Å². The highest BCUT2D eigenvalue weighted by Gasteiger charge is 2.08. The summed E-state index contributed by atoms with van der Waals surface area (Å²) in [6.45, 7) is 4.32. The maximum Gasteiger partial charge on any atom is 0.181 e. The smallest absolute Gasteiger partial charge is 0.181 e. The fourth-order valence-electron chi connectivity index (χ4n) is 1.43. The van der Waals surface area contributed by atoms with Gasteiger partial charge in [0.1, 0.15) is 5.01 Å². The average Bonchev–Trinajstić information content (AvgIpc) is 2.61. The number of anilines is 1. The summed E-state index contributed by atoms with van der Waals surface area (Å²) in [5.41, 5.74) is 1.14. The number of nitrogens with zero attached hydrogens (tertiary/aromatic N) is 1. The number of thiazole rings is 1. The molecule has 2 rings (SSSR count). The molecule has 1 aromatic carbocycles. The van der Waals surface area contributed by atoms with Crippen LogP contribution in [0.3, 0.4) is 0 Å². The van der Waals surface area contributed by atoms with Crippen molar-refractivity contribution in [2.24, 2.45) is 0 Å². The van der Waals surface area contributed by atoms with Crippen LogP contribution in [0.1, 0.15) is 15.6 Å². The van der Waals surface area contributed by atoms with Gasteiger partial charge < -0.3 is 5.32 Å². The van der Waals surface area contributed by atoms with Crippen LogP contribution in [0.5, 0.6) is 0 Å². The van der Waals surface area contributed by atoms with Gasteiger partial charge in [-0.25, -0.2) is 13.8 Å². The summed E-state index contributed by atoms with van der Waals surface area (Å²) in [6.07, 6.45) is 0. The minimum absolute atomic E-state index is 0.163. The molecule has 0 spiro atoms. The van der Waals surface area contributed by atoms with Crippen molar-refractivity contribution >= 4 is 17.0 Å². The average molecular weight is 254 g/mol. The standard InChI is InChI=1S/C12H12F2N2S/c1-7-8(2)17-11(16-7)6-15-10-5-3-4-9(13)12(10)14/h3-5,15H,6H2,1-2H3. The van der Waals surface area contributed by atoms with Crippen LogP contribution in [0.4, 0.5) is 14.5 Å². The second kappa shape index (κ2) is 4.79. The van der Waals surface area contributed by atoms with Gasteiger partial charge in [0.25, 0.3) is 0 Å². The molecule has 1 heterocycles. The molecule has 0 radical (unpaired) electrons. The molecule has 0 aliphatic heterocycles. The number of halogens is 2. The lowest BCUT2D eigenvalue weighted by atomic mass is 10.3. The number of hydrogen-bond acceptors (Lipinski definition) is 3. The summed E-state index contributed by atoms with van der Waals surface area (Å²) in [5.74, 6) is -1.70. The van der Waals surface area contributed by atoms with Crippen LogP contribution in [0.15, 0.2) is 18.2 Å². The minimum Gasteiger partial charge on any atom is -0.376 e. The van der Waals surface area contributed by atoms with E-state index in [4.69, 9.17) is 0 Å². The SMILES string of the molecule is Cc1nc(CNc2cccc(F)c2F)sc1C. The maximum atomic E-state index is 13.3. The van der Waals surface area contributed by atoms with Crippen molar-refractivity contribution in [3.8, 4) is 0 Å². The third kappa shape index (κ3) is 2.61. The first-order chi connectivity index (χ1) is 8.08. The fourth-order valence-corrected chi connectivity index (χ4v) is 2.30. The molecule has 0 saturated carbocycles. The Bertz CT molecular complexity index is 518. The zero-order valence-corrected chi connectivity index (χ0v) is 10.4. The summed E-state index contributed by atoms with van der Waals surface area (Å²) in [5, 5.41) is 3.71. The van der Waals surface area contributed by atoms with Crippen molar-refractivity contribution in [1.82, 2.24) is 4.98 Å². The van der Waals surface area contributed by atoms with E-state index in [2.05, 4.69) is 10.3 Å². The van der Waals surface area contributed by atoms with Crippen LogP contribution in [0.2, 0.25) is 0 Å². The van der Waals surface area contributed by atoms with E-state index in [1.807, 2.05) is 13.8 Å². The first kappa shape index (κ1) is 12.0. The van der Waals surface area contributed by atoms with Gasteiger partial charge in [-0.05, 0) is 26.0 Å². The first-order valence-corrected chi connectivity index (χ1v) is 6.00. The molecule has 0 aliphatic rings. The molecule has 0 atom stereocenters. The van der Waals surface area contributed by atoms with Crippen molar-refractivity contribution in [3.05, 3.63) is 45.4 Å². The molecular weight excluding hydrogens is 242 g/mol. The van der Waals surface area contributed by atoms with Crippen LogP contribution in [-0.4, -0.2) is 4.98 Å². The summed E-state index contributed by atoms with van der Waals surface area (Å²) in [6, 6.07) is 4.07. The molecule has 0 fully saturated rings. The van der Waals surface area contributed by atoms with Crippen molar-refractivity contribution in [2.45, 2.75) is 20.4 Å². The molecule has 0 bridgehead atoms. The van der Waals surface area contributed by atoms with E-state index < -0.39 is 11.6 Å². The van der Waals surface area contributed by atoms with Gasteiger partial charge in [0.2, 0.25) is 0 Å². The second-order valence-electron chi connectivity index (χ2n) is 3.70. The fraction of sp³-hybridized carbons (Fsp3) is 0.250. The lowest BCUT2D eigenvalue weighted by molar-refractivity contribution is 0.511. The number of hydrogen-bond donors (Lipinski definition) is 1. The van der Waals surface area contributed by atoms with E-state index in [9.17, 15) is 8.78 Å². The number of aromatic nitrogens is 1. The van der Waals surface area contributed by atoms with E-state index in [0.717, 1.165) is 21.6 Å². The number of aryl methyl sites for hydroxylation is 2. The Morgan fingerprint density at radius 1 is 1.29 bits per heavy atom. The largest absolute Gasteiger partial charge is 0.376 e. The van der Waals surface area contributed by atoms with Crippen LogP contribution in [-0.2, 0) is 6.54 Å². The predicted octanol–water partition coefficient (Wildman–Crippen LogP) is 3.65. The maximum absolute atomic E-state index is 13.3. The van der Waals surface area contributed by atoms with Crippen molar-refractivity contribution in [3.63, 3.8) is 0 Å². The van der Waals surface area contributed by atoms with Gasteiger partial charge >= 0.3 is 0 Å². The second-order valence-corrected chi connectivity index (χ2v) is 4.99. The molecule has 0 unspecified atom stereocenters. The molecule has 1 aromatic heterocycles. The van der Waals surface area contributed by atoms with Crippen molar-refractivity contribution < 1.29 is 8.78 Å². The monoisotopic (exact) mass is 254 g/mol. The lowest BCUT2D eigenvalue weighted by Crippen LogP contribution is -2.02. The highest BCUT2D eigenvalue weighted by atomic mass is 32.1. The molecule has 1 N–H and O–H groups in total. The van der Waals surface area contributed by atoms with Gasteiger partial charge in [0.15, 0.2) is 11.6 Å². The Hall–Kier alpha value is -1.49. The summed E-state index contributed by atoms with van der Waals surface area (Å²) < 4.78 is 26.3. The van der Waals surface area contributed by atoms with Crippen molar-refractivity contribution in [1.29, 1.82) is 0 Å². The van der Waals surface area contributed by atoms with Gasteiger partial charge in [-0.1, -0.05) is 6.07 Å². The van der Waals surface area contributed by atoms with Crippen LogP contribution in [0.25, 0.3) is 0 Å². The van der Waals surface area contributed by atoms with Gasteiger partial charge in [-0.3, -0.25) is 0 Å². The molecule has 0 saturated heterocycles.